The fraction of sp³-hybridized carbons (Fsp3) is 0.364. The fourth-order valence-electron chi connectivity index (χ4n) is 13.5. The van der Waals surface area contributed by atoms with E-state index >= 15 is 0 Å². The molecule has 4 unspecified atom stereocenters. The van der Waals surface area contributed by atoms with Gasteiger partial charge in [-0.1, -0.05) is 115 Å². The highest BCUT2D eigenvalue weighted by Gasteiger charge is 2.55. The van der Waals surface area contributed by atoms with Gasteiger partial charge in [0, 0.05) is 54.6 Å². The summed E-state index contributed by atoms with van der Waals surface area (Å²) in [7, 11) is -3.40. The number of ether oxygens (including phenoxy) is 6. The van der Waals surface area contributed by atoms with Gasteiger partial charge in [-0.3, -0.25) is 28.5 Å². The highest BCUT2D eigenvalue weighted by atomic mass is 31.2. The van der Waals surface area contributed by atoms with Crippen molar-refractivity contribution in [2.45, 2.75) is 134 Å². The van der Waals surface area contributed by atoms with Crippen LogP contribution in [0.1, 0.15) is 127 Å². The maximum Gasteiger partial charge on any atom is 0.573 e. The molecule has 5 heterocycles. The Labute approximate surface area is 609 Å². The number of aromatic amines is 1. The molecule has 28 heteroatoms. The lowest BCUT2D eigenvalue weighted by molar-refractivity contribution is -0.143. The van der Waals surface area contributed by atoms with Crippen molar-refractivity contribution in [1.82, 2.24) is 33.7 Å². The minimum atomic E-state index is -4.64. The molecule has 1 amide bonds. The smallest absolute Gasteiger partial charge is 0.497 e. The van der Waals surface area contributed by atoms with Crippen LogP contribution in [0.25, 0.3) is 22.3 Å². The number of methoxy groups -OCH3 is 2. The van der Waals surface area contributed by atoms with Gasteiger partial charge in [0.15, 0.2) is 17.0 Å². The number of hydrogen-bond acceptors (Lipinski definition) is 22. The predicted octanol–water partition coefficient (Wildman–Crippen LogP) is 12.5. The first-order valence-corrected chi connectivity index (χ1v) is 37.3. The zero-order valence-corrected chi connectivity index (χ0v) is 61.0. The lowest BCUT2D eigenvalue weighted by Gasteiger charge is -2.37. The molecular weight excluding hydrogens is 1380 g/mol. The van der Waals surface area contributed by atoms with Crippen molar-refractivity contribution in [3.63, 3.8) is 0 Å². The van der Waals surface area contributed by atoms with Crippen molar-refractivity contribution in [3.05, 3.63) is 236 Å². The minimum absolute atomic E-state index is 0.0525. The third kappa shape index (κ3) is 17.1. The highest BCUT2D eigenvalue weighted by Crippen LogP contribution is 2.62. The molecule has 3 aliphatic rings. The Bertz CT molecular complexity index is 4590. The van der Waals surface area contributed by atoms with Crippen LogP contribution < -0.4 is 26.0 Å². The van der Waals surface area contributed by atoms with Gasteiger partial charge in [-0.15, -0.1) is 4.52 Å². The van der Waals surface area contributed by atoms with E-state index in [9.17, 15) is 34.6 Å². The number of H-pyrrole nitrogens is 1. The van der Waals surface area contributed by atoms with Gasteiger partial charge < -0.3 is 42.8 Å². The third-order valence-corrected chi connectivity index (χ3v) is 22.3. The molecule has 546 valence electrons. The molecule has 9 aromatic rings. The van der Waals surface area contributed by atoms with Gasteiger partial charge in [-0.05, 0) is 122 Å². The van der Waals surface area contributed by atoms with E-state index in [0.717, 1.165) is 33.4 Å². The SMILES string of the molecule is COc1ccc(C(OC[C@H]2O[C@@H](n3cc(C)c(=O)[nH]c3=O)CC2O[P+](O)(OCCC#N)OC[C@H]2O[C@@H](n3cnc4c(NC(=O)c5ccc(CCC(=O)OCC6c7ccccc7-c7ccccc76)cc5)ncnc43)CC2OP(OCCC#N)N(C(C)C)C(C)C)(c2ccccc2)c2ccc(OC)cc2)cc1. The molecule has 6 aromatic carbocycles. The van der Waals surface area contributed by atoms with Crippen LogP contribution >= 0.6 is 16.7 Å². The Morgan fingerprint density at radius 1 is 0.724 bits per heavy atom. The second-order valence-corrected chi connectivity index (χ2v) is 29.0. The van der Waals surface area contributed by atoms with Gasteiger partial charge in [-0.25, -0.2) is 24.4 Å². The van der Waals surface area contributed by atoms with Crippen molar-refractivity contribution < 1.29 is 65.5 Å². The zero-order valence-electron chi connectivity index (χ0n) is 59.2. The zero-order chi connectivity index (χ0) is 73.8. The van der Waals surface area contributed by atoms with Gasteiger partial charge in [0.05, 0.1) is 64.8 Å². The van der Waals surface area contributed by atoms with Crippen LogP contribution in [0.3, 0.4) is 0 Å². The highest BCUT2D eigenvalue weighted by molar-refractivity contribution is 7.55. The molecule has 2 aliphatic heterocycles. The Morgan fingerprint density at radius 3 is 1.94 bits per heavy atom. The van der Waals surface area contributed by atoms with Gasteiger partial charge in [0.1, 0.15) is 74.0 Å². The number of nitriles is 2. The number of rotatable bonds is 33. The number of aromatic nitrogens is 6. The fourth-order valence-corrected chi connectivity index (χ4v) is 16.7. The van der Waals surface area contributed by atoms with E-state index < -0.39 is 82.9 Å². The average molecular weight is 1470 g/mol. The summed E-state index contributed by atoms with van der Waals surface area (Å²) in [6.07, 6.45) is -1.61. The molecule has 0 bridgehead atoms. The molecule has 0 spiro atoms. The van der Waals surface area contributed by atoms with E-state index in [4.69, 9.17) is 51.0 Å². The number of esters is 1. The molecule has 0 saturated carbocycles. The van der Waals surface area contributed by atoms with Crippen molar-refractivity contribution in [2.24, 2.45) is 0 Å². The summed E-state index contributed by atoms with van der Waals surface area (Å²) in [5.41, 5.74) is 5.90. The third-order valence-electron chi connectivity index (χ3n) is 18.6. The van der Waals surface area contributed by atoms with E-state index in [1.165, 1.54) is 23.4 Å². The van der Waals surface area contributed by atoms with Gasteiger partial charge >= 0.3 is 19.8 Å². The number of benzene rings is 6. The molecule has 105 heavy (non-hydrogen) atoms. The maximum atomic E-state index is 14.0. The van der Waals surface area contributed by atoms with Crippen LogP contribution in [0.15, 0.2) is 180 Å². The monoisotopic (exact) mass is 1470 g/mol. The lowest BCUT2D eigenvalue weighted by Crippen LogP contribution is -2.39. The van der Waals surface area contributed by atoms with E-state index in [0.29, 0.717) is 34.6 Å². The number of anilines is 1. The predicted molar refractivity (Wildman–Crippen MR) is 390 cm³/mol. The maximum absolute atomic E-state index is 14.0. The summed E-state index contributed by atoms with van der Waals surface area (Å²) in [6.45, 7) is 8.80. The normalized spacial score (nSPS) is 18.7. The summed E-state index contributed by atoms with van der Waals surface area (Å²) < 4.78 is 75.8. The summed E-state index contributed by atoms with van der Waals surface area (Å²) >= 11 is 0. The van der Waals surface area contributed by atoms with Crippen molar-refractivity contribution in [1.29, 1.82) is 10.5 Å². The second-order valence-electron chi connectivity index (χ2n) is 26.0. The number of imidazole rings is 1. The molecule has 2 saturated heterocycles. The Kier molecular flexibility index (Phi) is 24.5. The number of carbonyl (C=O) groups excluding carboxylic acids is 2. The molecule has 0 radical (unpaired) electrons. The molecule has 3 aromatic heterocycles. The lowest BCUT2D eigenvalue weighted by atomic mass is 9.80. The Balaban J connectivity index is 0.797. The van der Waals surface area contributed by atoms with Crippen LogP contribution in [0.4, 0.5) is 5.82 Å². The number of nitrogens with zero attached hydrogens (tertiary/aromatic N) is 8. The Morgan fingerprint density at radius 2 is 1.31 bits per heavy atom. The van der Waals surface area contributed by atoms with Crippen molar-refractivity contribution in [3.8, 4) is 34.8 Å². The van der Waals surface area contributed by atoms with Crippen molar-refractivity contribution >= 4 is 45.6 Å². The van der Waals surface area contributed by atoms with Gasteiger partial charge in [0.2, 0.25) is 0 Å². The first-order valence-electron chi connectivity index (χ1n) is 34.7. The second kappa shape index (κ2) is 34.2. The standard InChI is InChI=1S/C77H82N10O16P2/c1-49(2)87(50(3)4)104(97-39-15-37-78)102-64-41-69(86-48-82-71-72(80-47-81-73(71)86)83-75(90)53-26-23-52(24-27-53)25-36-70(88)95-44-63-61-21-13-11-19-59(61)60-20-12-14-22-62(60)63)101-67(64)46-99-105(92,98-40-16-38-79)103-65-42-68(85-43-51(5)74(89)84-76(85)91)100-66(65)45-96-77(54-17-9-8-10-18-54,55-28-32-57(93-6)33-29-55)56-30-34-58(94-7)35-31-56/h8-14,17-24,26-35,43,47-50,63-69,92H,15-16,25,36,39-42,44-46H2,1-7H3,(H-,80,81,83,84,89,90,91)/p+1/t64?,65?,66-,67-,68-,69-,104?,105?/m1/s1. The summed E-state index contributed by atoms with van der Waals surface area (Å²) in [5.74, 6) is 0.470. The minimum Gasteiger partial charge on any atom is -0.497 e. The number of aryl methyl sites for hydroxylation is 2. The summed E-state index contributed by atoms with van der Waals surface area (Å²) in [4.78, 5) is 82.7. The molecule has 26 nitrogen and oxygen atoms in total. The van der Waals surface area contributed by atoms with Crippen LogP contribution in [0.5, 0.6) is 11.5 Å². The van der Waals surface area contributed by atoms with Crippen molar-refractivity contribution in [2.75, 3.05) is 52.6 Å². The number of fused-ring (bicyclic) bond motifs is 4. The number of carbonyl (C=O) groups is 2. The number of nitrogens with one attached hydrogen (secondary N) is 2. The number of hydrogen-bond donors (Lipinski definition) is 3. The van der Waals surface area contributed by atoms with Crippen LogP contribution in [0, 0.1) is 29.6 Å². The molecule has 3 N–H and O–H groups in total. The van der Waals surface area contributed by atoms with Gasteiger partial charge in [-0.2, -0.15) is 24.5 Å². The van der Waals surface area contributed by atoms with Gasteiger partial charge in [0.25, 0.3) is 20.0 Å². The summed E-state index contributed by atoms with van der Waals surface area (Å²) in [5, 5.41) is 22.4. The molecule has 12 rings (SSSR count). The molecule has 1 aliphatic carbocycles. The largest absolute Gasteiger partial charge is 0.573 e. The average Bonchev–Trinajstić information content (AvgIpc) is 0.824. The van der Waals surface area contributed by atoms with E-state index in [2.05, 4.69) is 60.3 Å². The first kappa shape index (κ1) is 75.2. The topological polar surface area (TPSA) is 317 Å². The van der Waals surface area contributed by atoms with Crippen LogP contribution in [-0.2, 0) is 58.4 Å². The molecular formula is C77H83N10O16P2+. The van der Waals surface area contributed by atoms with E-state index in [-0.39, 0.29) is 105 Å². The Hall–Kier alpha value is -9.47. The quantitative estimate of drug-likeness (QED) is 0.0149. The molecule has 8 atom stereocenters. The van der Waals surface area contributed by atoms with Crippen LogP contribution in [-0.4, -0.2) is 134 Å². The summed E-state index contributed by atoms with van der Waals surface area (Å²) in [6, 6.07) is 51.7. The molecule has 2 fully saturated rings. The van der Waals surface area contributed by atoms with E-state index in [1.54, 1.807) is 50.0 Å². The van der Waals surface area contributed by atoms with E-state index in [1.807, 2.05) is 137 Å². The number of amides is 1. The first-order chi connectivity index (χ1) is 50.9. The van der Waals surface area contributed by atoms with Crippen LogP contribution in [0.2, 0.25) is 0 Å².